The number of carboxylic acid groups (broad SMARTS) is 1. The van der Waals surface area contributed by atoms with Crippen LogP contribution in [0.25, 0.3) is 21.6 Å². The second-order valence-electron chi connectivity index (χ2n) is 6.76. The molecule has 0 fully saturated rings. The van der Waals surface area contributed by atoms with E-state index in [4.69, 9.17) is 0 Å². The lowest BCUT2D eigenvalue weighted by molar-refractivity contribution is 0.0697. The maximum absolute atomic E-state index is 13.1. The number of aromatic carboxylic acids is 1. The number of hydrogen-bond donors (Lipinski definition) is 2. The van der Waals surface area contributed by atoms with E-state index in [2.05, 4.69) is 15.3 Å². The van der Waals surface area contributed by atoms with Crippen molar-refractivity contribution in [2.24, 2.45) is 0 Å². The van der Waals surface area contributed by atoms with Crippen LogP contribution in [0.5, 0.6) is 0 Å². The fourth-order valence-corrected chi connectivity index (χ4v) is 3.98. The Bertz CT molecular complexity index is 1220. The van der Waals surface area contributed by atoms with Crippen LogP contribution in [-0.4, -0.2) is 21.0 Å². The number of carbonyl (C=O) groups is 1. The number of fused-ring (bicyclic) bond motifs is 1. The van der Waals surface area contributed by atoms with Crippen LogP contribution in [0.2, 0.25) is 0 Å². The van der Waals surface area contributed by atoms with Gasteiger partial charge in [0.2, 0.25) is 0 Å². The van der Waals surface area contributed by atoms with Crippen molar-refractivity contribution in [3.63, 3.8) is 0 Å². The average Bonchev–Trinajstić information content (AvgIpc) is 3.17. The summed E-state index contributed by atoms with van der Waals surface area (Å²) in [5, 5.41) is 16.0. The van der Waals surface area contributed by atoms with Crippen LogP contribution >= 0.6 is 11.3 Å². The predicted octanol–water partition coefficient (Wildman–Crippen LogP) is 5.42. The van der Waals surface area contributed by atoms with Gasteiger partial charge in [0.1, 0.15) is 10.6 Å². The highest BCUT2D eigenvalue weighted by Gasteiger charge is 2.21. The number of halogens is 1. The number of thiophene rings is 1. The number of aromatic nitrogens is 2. The van der Waals surface area contributed by atoms with Gasteiger partial charge in [-0.15, -0.1) is 11.3 Å². The van der Waals surface area contributed by atoms with E-state index in [0.29, 0.717) is 23.5 Å². The van der Waals surface area contributed by atoms with Crippen molar-refractivity contribution in [1.82, 2.24) is 9.97 Å². The molecule has 0 aliphatic rings. The lowest BCUT2D eigenvalue weighted by Gasteiger charge is -2.17. The standard InChI is InChI=1S/C22H18FN3O2S/c1-12-13(2)19(22(27)28)17(20-25-11-15-7-8-29-21(15)26-20)9-18(12)24-10-14-3-5-16(23)6-4-14/h3-9,11,24H,10H2,1-2H3,(H,27,28). The molecule has 5 nitrogen and oxygen atoms in total. The maximum atomic E-state index is 13.1. The summed E-state index contributed by atoms with van der Waals surface area (Å²) in [5.41, 5.74) is 3.88. The molecule has 0 spiro atoms. The van der Waals surface area contributed by atoms with Gasteiger partial charge in [0, 0.05) is 29.4 Å². The molecule has 2 heterocycles. The van der Waals surface area contributed by atoms with E-state index in [9.17, 15) is 14.3 Å². The fraction of sp³-hybridized carbons (Fsp3) is 0.136. The lowest BCUT2D eigenvalue weighted by atomic mass is 9.95. The first-order valence-corrected chi connectivity index (χ1v) is 9.88. The summed E-state index contributed by atoms with van der Waals surface area (Å²) < 4.78 is 13.1. The van der Waals surface area contributed by atoms with Gasteiger partial charge in [-0.3, -0.25) is 0 Å². The Morgan fingerprint density at radius 1 is 1.17 bits per heavy atom. The molecular weight excluding hydrogens is 389 g/mol. The summed E-state index contributed by atoms with van der Waals surface area (Å²) >= 11 is 1.49. The number of hydrogen-bond acceptors (Lipinski definition) is 5. The van der Waals surface area contributed by atoms with Crippen molar-refractivity contribution in [2.45, 2.75) is 20.4 Å². The zero-order valence-corrected chi connectivity index (χ0v) is 16.7. The number of benzene rings is 2. The van der Waals surface area contributed by atoms with E-state index < -0.39 is 5.97 Å². The van der Waals surface area contributed by atoms with Crippen LogP contribution < -0.4 is 5.32 Å². The summed E-state index contributed by atoms with van der Waals surface area (Å²) in [6.45, 7) is 4.15. The topological polar surface area (TPSA) is 75.1 Å². The Labute approximate surface area is 170 Å². The average molecular weight is 407 g/mol. The number of nitrogens with one attached hydrogen (secondary N) is 1. The first-order chi connectivity index (χ1) is 13.9. The fourth-order valence-electron chi connectivity index (χ4n) is 3.24. The molecule has 2 N–H and O–H groups in total. The molecule has 29 heavy (non-hydrogen) atoms. The molecule has 0 radical (unpaired) electrons. The SMILES string of the molecule is Cc1c(NCc2ccc(F)cc2)cc(-c2ncc3ccsc3n2)c(C(=O)O)c1C. The number of carboxylic acids is 1. The maximum Gasteiger partial charge on any atom is 0.336 e. The van der Waals surface area contributed by atoms with Crippen LogP contribution in [0.4, 0.5) is 10.1 Å². The summed E-state index contributed by atoms with van der Waals surface area (Å²) in [6.07, 6.45) is 1.71. The van der Waals surface area contributed by atoms with Gasteiger partial charge in [-0.2, -0.15) is 0 Å². The van der Waals surface area contributed by atoms with Gasteiger partial charge in [-0.25, -0.2) is 19.2 Å². The smallest absolute Gasteiger partial charge is 0.336 e. The zero-order chi connectivity index (χ0) is 20.5. The molecule has 0 amide bonds. The summed E-state index contributed by atoms with van der Waals surface area (Å²) in [4.78, 5) is 21.8. The van der Waals surface area contributed by atoms with E-state index in [1.807, 2.05) is 18.4 Å². The molecule has 146 valence electrons. The first kappa shape index (κ1) is 19.0. The number of anilines is 1. The van der Waals surface area contributed by atoms with Crippen molar-refractivity contribution in [2.75, 3.05) is 5.32 Å². The predicted molar refractivity (Wildman–Crippen MR) is 113 cm³/mol. The molecule has 4 rings (SSSR count). The zero-order valence-electron chi connectivity index (χ0n) is 15.9. The normalized spacial score (nSPS) is 11.0. The number of rotatable bonds is 5. The first-order valence-electron chi connectivity index (χ1n) is 9.00. The van der Waals surface area contributed by atoms with Crippen molar-refractivity contribution in [1.29, 1.82) is 0 Å². The van der Waals surface area contributed by atoms with Gasteiger partial charge < -0.3 is 10.4 Å². The van der Waals surface area contributed by atoms with Crippen molar-refractivity contribution in [3.05, 3.63) is 76.0 Å². The highest BCUT2D eigenvalue weighted by molar-refractivity contribution is 7.16. The minimum absolute atomic E-state index is 0.200. The molecule has 0 aliphatic heterocycles. The van der Waals surface area contributed by atoms with E-state index in [1.54, 1.807) is 31.3 Å². The Kier molecular flexibility index (Phi) is 4.98. The largest absolute Gasteiger partial charge is 0.478 e. The van der Waals surface area contributed by atoms with Crippen molar-refractivity contribution < 1.29 is 14.3 Å². The minimum atomic E-state index is -1.01. The quantitative estimate of drug-likeness (QED) is 0.462. The summed E-state index contributed by atoms with van der Waals surface area (Å²) in [7, 11) is 0. The third-order valence-electron chi connectivity index (χ3n) is 4.96. The Hall–Kier alpha value is -3.32. The molecule has 0 atom stereocenters. The molecule has 7 heteroatoms. The van der Waals surface area contributed by atoms with E-state index in [-0.39, 0.29) is 11.4 Å². The van der Waals surface area contributed by atoms with E-state index in [0.717, 1.165) is 27.0 Å². The summed E-state index contributed by atoms with van der Waals surface area (Å²) in [6, 6.07) is 9.97. The van der Waals surface area contributed by atoms with Gasteiger partial charge in [0.15, 0.2) is 5.82 Å². The van der Waals surface area contributed by atoms with E-state index in [1.165, 1.54) is 23.5 Å². The third kappa shape index (κ3) is 3.69. The molecule has 4 aromatic rings. The second kappa shape index (κ2) is 7.60. The van der Waals surface area contributed by atoms with Crippen LogP contribution in [-0.2, 0) is 6.54 Å². The van der Waals surface area contributed by atoms with Gasteiger partial charge in [0.05, 0.1) is 5.56 Å². The monoisotopic (exact) mass is 407 g/mol. The van der Waals surface area contributed by atoms with Gasteiger partial charge in [-0.05, 0) is 60.2 Å². The van der Waals surface area contributed by atoms with Crippen molar-refractivity contribution in [3.8, 4) is 11.4 Å². The van der Waals surface area contributed by atoms with E-state index >= 15 is 0 Å². The third-order valence-corrected chi connectivity index (χ3v) is 5.78. The van der Waals surface area contributed by atoms with Crippen molar-refractivity contribution >= 4 is 33.2 Å². The van der Waals surface area contributed by atoms with Crippen LogP contribution in [0.15, 0.2) is 48.0 Å². The highest BCUT2D eigenvalue weighted by Crippen LogP contribution is 2.33. The lowest BCUT2D eigenvalue weighted by Crippen LogP contribution is -2.09. The number of nitrogens with zero attached hydrogens (tertiary/aromatic N) is 2. The molecule has 0 saturated carbocycles. The highest BCUT2D eigenvalue weighted by atomic mass is 32.1. The Balaban J connectivity index is 1.78. The van der Waals surface area contributed by atoms with Crippen LogP contribution in [0.3, 0.4) is 0 Å². The van der Waals surface area contributed by atoms with Crippen LogP contribution in [0, 0.1) is 19.7 Å². The summed E-state index contributed by atoms with van der Waals surface area (Å²) in [5.74, 6) is -0.916. The minimum Gasteiger partial charge on any atom is -0.478 e. The molecular formula is C22H18FN3O2S. The molecule has 0 bridgehead atoms. The molecule has 0 unspecified atom stereocenters. The Morgan fingerprint density at radius 3 is 2.66 bits per heavy atom. The Morgan fingerprint density at radius 2 is 1.93 bits per heavy atom. The van der Waals surface area contributed by atoms with Gasteiger partial charge in [0.25, 0.3) is 0 Å². The molecule has 0 aliphatic carbocycles. The second-order valence-corrected chi connectivity index (χ2v) is 7.65. The molecule has 0 saturated heterocycles. The molecule has 2 aromatic carbocycles. The molecule has 2 aromatic heterocycles. The van der Waals surface area contributed by atoms with Gasteiger partial charge in [-0.1, -0.05) is 12.1 Å². The van der Waals surface area contributed by atoms with Gasteiger partial charge >= 0.3 is 5.97 Å². The van der Waals surface area contributed by atoms with Crippen LogP contribution in [0.1, 0.15) is 27.0 Å².